The van der Waals surface area contributed by atoms with Crippen molar-refractivity contribution in [2.24, 2.45) is 17.3 Å². The summed E-state index contributed by atoms with van der Waals surface area (Å²) in [5.74, 6) is -4.97. The number of Topliss-reactive ketones (excluding diaryl/α,β-unsaturated/α-hetero) is 1. The third-order valence-electron chi connectivity index (χ3n) is 9.06. The summed E-state index contributed by atoms with van der Waals surface area (Å²) in [5.41, 5.74) is -0.889. The van der Waals surface area contributed by atoms with Crippen LogP contribution in [-0.4, -0.2) is 83.8 Å². The average molecular weight is 633 g/mol. The highest BCUT2D eigenvalue weighted by atomic mass is 19.3. The Bertz CT molecular complexity index is 1450. The van der Waals surface area contributed by atoms with Crippen molar-refractivity contribution in [3.8, 4) is 11.6 Å². The molecule has 2 bridgehead atoms. The van der Waals surface area contributed by atoms with Gasteiger partial charge in [-0.2, -0.15) is 8.78 Å². The van der Waals surface area contributed by atoms with Gasteiger partial charge in [-0.15, -0.1) is 0 Å². The van der Waals surface area contributed by atoms with Crippen molar-refractivity contribution in [1.82, 2.24) is 20.2 Å². The molecular weight excluding hydrogens is 590 g/mol. The molecule has 0 spiro atoms. The minimum Gasteiger partial charge on any atom is -0.497 e. The van der Waals surface area contributed by atoms with Crippen LogP contribution in [0.4, 0.5) is 13.6 Å². The summed E-state index contributed by atoms with van der Waals surface area (Å²) < 4.78 is 54.8. The van der Waals surface area contributed by atoms with Gasteiger partial charge in [0.1, 0.15) is 24.0 Å². The molecule has 13 heteroatoms. The van der Waals surface area contributed by atoms with Crippen LogP contribution >= 0.6 is 0 Å². The van der Waals surface area contributed by atoms with Crippen LogP contribution in [0.2, 0.25) is 0 Å². The van der Waals surface area contributed by atoms with Gasteiger partial charge in [0, 0.05) is 24.3 Å². The Labute approximate surface area is 261 Å². The van der Waals surface area contributed by atoms with Crippen LogP contribution in [0, 0.1) is 17.3 Å². The van der Waals surface area contributed by atoms with E-state index in [9.17, 15) is 14.4 Å². The van der Waals surface area contributed by atoms with Crippen molar-refractivity contribution in [3.05, 3.63) is 23.9 Å². The SMILES string of the molecule is COc1ccc2nc3c(nc2c1)O[C@H]1CN(C(=O)[C@H](C(C)(C)C)NC(=O)O[C@@H]2CCC[C@H]2COCCC3(F)F)[C@H](C(C)=O)[C@@H]1C. The standard InChI is InChI=1S/C32H42F2N4O7/c1-17-24-15-38(25(17)18(2)39)29(40)27(31(3,4)5)37-30(41)45-23-9-7-8-19(23)16-43-13-12-32(33,34)26-28(44-24)36-22-14-20(42-6)10-11-21(22)35-26/h10-11,14,17,19,23-25,27H,7-9,12-13,15-16H2,1-6H3,(H,37,41)/t17-,19+,23-,24+,25+,27-/m1/s1. The number of hydrogen-bond acceptors (Lipinski definition) is 9. The van der Waals surface area contributed by atoms with Crippen LogP contribution in [0.25, 0.3) is 11.0 Å². The number of nitrogens with one attached hydrogen (secondary N) is 1. The Balaban J connectivity index is 1.58. The van der Waals surface area contributed by atoms with E-state index in [4.69, 9.17) is 18.9 Å². The monoisotopic (exact) mass is 632 g/mol. The lowest BCUT2D eigenvalue weighted by molar-refractivity contribution is -0.141. The molecule has 1 aromatic carbocycles. The van der Waals surface area contributed by atoms with Crippen molar-refractivity contribution in [2.75, 3.05) is 26.9 Å². The number of alkyl carbamates (subject to hydrolysis) is 1. The molecule has 1 saturated heterocycles. The van der Waals surface area contributed by atoms with Gasteiger partial charge in [0.2, 0.25) is 11.8 Å². The highest BCUT2D eigenvalue weighted by Gasteiger charge is 2.50. The van der Waals surface area contributed by atoms with E-state index in [-0.39, 0.29) is 48.4 Å². The molecule has 6 atom stereocenters. The number of benzene rings is 1. The second-order valence-corrected chi connectivity index (χ2v) is 13.4. The molecule has 3 heterocycles. The quantitative estimate of drug-likeness (QED) is 0.503. The van der Waals surface area contributed by atoms with Gasteiger partial charge in [0.05, 0.1) is 43.9 Å². The third kappa shape index (κ3) is 6.83. The molecule has 246 valence electrons. The van der Waals surface area contributed by atoms with Crippen molar-refractivity contribution in [3.63, 3.8) is 0 Å². The molecule has 3 aliphatic rings. The molecule has 45 heavy (non-hydrogen) atoms. The Kier molecular flexibility index (Phi) is 9.21. The smallest absolute Gasteiger partial charge is 0.408 e. The number of ketones is 1. The number of ether oxygens (including phenoxy) is 4. The number of amides is 2. The van der Waals surface area contributed by atoms with E-state index in [1.54, 1.807) is 45.9 Å². The van der Waals surface area contributed by atoms with E-state index < -0.39 is 65.7 Å². The van der Waals surface area contributed by atoms with Crippen molar-refractivity contribution >= 4 is 28.8 Å². The molecular formula is C32H42F2N4O7. The third-order valence-corrected chi connectivity index (χ3v) is 9.06. The minimum atomic E-state index is -3.48. The fraction of sp³-hybridized carbons (Fsp3) is 0.656. The van der Waals surface area contributed by atoms with Gasteiger partial charge in [0.25, 0.3) is 5.92 Å². The molecule has 11 nitrogen and oxygen atoms in total. The van der Waals surface area contributed by atoms with Gasteiger partial charge >= 0.3 is 6.09 Å². The number of nitrogens with zero attached hydrogens (tertiary/aromatic N) is 3. The predicted molar refractivity (Wildman–Crippen MR) is 159 cm³/mol. The lowest BCUT2D eigenvalue weighted by Gasteiger charge is -2.35. The summed E-state index contributed by atoms with van der Waals surface area (Å²) >= 11 is 0. The number of aromatic nitrogens is 2. The summed E-state index contributed by atoms with van der Waals surface area (Å²) in [7, 11) is 1.48. The van der Waals surface area contributed by atoms with Crippen LogP contribution in [-0.2, 0) is 25.0 Å². The number of carbonyl (C=O) groups is 3. The Morgan fingerprint density at radius 2 is 1.87 bits per heavy atom. The van der Waals surface area contributed by atoms with Crippen molar-refractivity contribution < 1.29 is 42.1 Å². The van der Waals surface area contributed by atoms with Crippen molar-refractivity contribution in [1.29, 1.82) is 0 Å². The molecule has 2 aromatic rings. The molecule has 1 N–H and O–H groups in total. The fourth-order valence-electron chi connectivity index (χ4n) is 6.54. The highest BCUT2D eigenvalue weighted by Crippen LogP contribution is 2.40. The normalized spacial score (nSPS) is 29.5. The van der Waals surface area contributed by atoms with E-state index in [2.05, 4.69) is 15.3 Å². The molecule has 2 amide bonds. The molecule has 1 saturated carbocycles. The van der Waals surface area contributed by atoms with Gasteiger partial charge < -0.3 is 29.2 Å². The largest absolute Gasteiger partial charge is 0.497 e. The molecule has 1 aromatic heterocycles. The molecule has 5 rings (SSSR count). The van der Waals surface area contributed by atoms with E-state index in [0.29, 0.717) is 18.6 Å². The van der Waals surface area contributed by atoms with Gasteiger partial charge in [-0.3, -0.25) is 9.59 Å². The zero-order valence-corrected chi connectivity index (χ0v) is 26.6. The van der Waals surface area contributed by atoms with E-state index in [1.165, 1.54) is 18.9 Å². The first-order chi connectivity index (χ1) is 21.2. The van der Waals surface area contributed by atoms with Crippen LogP contribution in [0.5, 0.6) is 11.6 Å². The fourth-order valence-corrected chi connectivity index (χ4v) is 6.54. The Hall–Kier alpha value is -3.61. The van der Waals surface area contributed by atoms with Crippen LogP contribution in [0.3, 0.4) is 0 Å². The average Bonchev–Trinajstić information content (AvgIpc) is 3.55. The molecule has 1 aliphatic carbocycles. The van der Waals surface area contributed by atoms with Crippen LogP contribution in [0.15, 0.2) is 18.2 Å². The number of hydrogen-bond donors (Lipinski definition) is 1. The maximum absolute atomic E-state index is 15.9. The maximum atomic E-state index is 15.9. The maximum Gasteiger partial charge on any atom is 0.408 e. The molecule has 2 fully saturated rings. The van der Waals surface area contributed by atoms with E-state index in [0.717, 1.165) is 6.42 Å². The first kappa shape index (κ1) is 32.8. The lowest BCUT2D eigenvalue weighted by Crippen LogP contribution is -2.57. The number of carbonyl (C=O) groups excluding carboxylic acids is 3. The van der Waals surface area contributed by atoms with Gasteiger partial charge in [-0.25, -0.2) is 14.8 Å². The van der Waals surface area contributed by atoms with Crippen molar-refractivity contribution in [2.45, 2.75) is 90.5 Å². The van der Waals surface area contributed by atoms with E-state index >= 15 is 8.78 Å². The molecule has 0 unspecified atom stereocenters. The predicted octanol–water partition coefficient (Wildman–Crippen LogP) is 4.64. The first-order valence-electron chi connectivity index (χ1n) is 15.5. The summed E-state index contributed by atoms with van der Waals surface area (Å²) in [6.45, 7) is 8.27. The van der Waals surface area contributed by atoms with Crippen LogP contribution < -0.4 is 14.8 Å². The van der Waals surface area contributed by atoms with E-state index in [1.807, 2.05) is 0 Å². The number of rotatable bonds is 2. The Morgan fingerprint density at radius 1 is 1.11 bits per heavy atom. The second-order valence-electron chi connectivity index (χ2n) is 13.4. The summed E-state index contributed by atoms with van der Waals surface area (Å²) in [6.07, 6.45) is -0.704. The first-order valence-corrected chi connectivity index (χ1v) is 15.5. The number of alkyl halides is 2. The van der Waals surface area contributed by atoms with Gasteiger partial charge in [-0.1, -0.05) is 27.7 Å². The summed E-state index contributed by atoms with van der Waals surface area (Å²) in [6, 6.07) is 2.77. The lowest BCUT2D eigenvalue weighted by atomic mass is 9.85. The zero-order valence-electron chi connectivity index (χ0n) is 26.6. The number of halogens is 2. The number of fused-ring (bicyclic) bond motifs is 5. The zero-order chi connectivity index (χ0) is 32.7. The minimum absolute atomic E-state index is 0.0931. The van der Waals surface area contributed by atoms with Gasteiger partial charge in [0.15, 0.2) is 11.5 Å². The summed E-state index contributed by atoms with van der Waals surface area (Å²) in [5, 5.41) is 2.76. The number of methoxy groups -OCH3 is 1. The highest BCUT2D eigenvalue weighted by molar-refractivity contribution is 5.92. The molecule has 0 radical (unpaired) electrons. The van der Waals surface area contributed by atoms with Gasteiger partial charge in [-0.05, 0) is 43.7 Å². The topological polar surface area (TPSA) is 129 Å². The summed E-state index contributed by atoms with van der Waals surface area (Å²) in [4.78, 5) is 50.3. The van der Waals surface area contributed by atoms with Crippen LogP contribution in [0.1, 0.15) is 66.0 Å². The molecule has 2 aliphatic heterocycles. The Morgan fingerprint density at radius 3 is 2.56 bits per heavy atom. The second kappa shape index (κ2) is 12.6.